The first-order chi connectivity index (χ1) is 9.31. The van der Waals surface area contributed by atoms with Gasteiger partial charge < -0.3 is 0 Å². The summed E-state index contributed by atoms with van der Waals surface area (Å²) in [6, 6.07) is 8.58. The Morgan fingerprint density at radius 1 is 1.11 bits per heavy atom. The van der Waals surface area contributed by atoms with Gasteiger partial charge in [0.2, 0.25) is 0 Å². The molecule has 0 atom stereocenters. The summed E-state index contributed by atoms with van der Waals surface area (Å²) in [5.41, 5.74) is 3.55. The van der Waals surface area contributed by atoms with Crippen LogP contribution in [0.15, 0.2) is 36.7 Å². The van der Waals surface area contributed by atoms with Crippen molar-refractivity contribution >= 4 is 0 Å². The van der Waals surface area contributed by atoms with Gasteiger partial charge in [-0.3, -0.25) is 4.90 Å². The lowest BCUT2D eigenvalue weighted by Gasteiger charge is -2.14. The monoisotopic (exact) mass is 253 g/mol. The van der Waals surface area contributed by atoms with E-state index in [1.165, 1.54) is 31.5 Å². The van der Waals surface area contributed by atoms with E-state index in [1.807, 2.05) is 19.3 Å². The van der Waals surface area contributed by atoms with E-state index in [2.05, 4.69) is 39.1 Å². The molecule has 0 N–H and O–H groups in total. The van der Waals surface area contributed by atoms with Crippen LogP contribution in [0.4, 0.5) is 0 Å². The van der Waals surface area contributed by atoms with Gasteiger partial charge in [0.15, 0.2) is 5.82 Å². The molecule has 1 saturated heterocycles. The highest BCUT2D eigenvalue weighted by Crippen LogP contribution is 2.18. The van der Waals surface area contributed by atoms with Gasteiger partial charge in [0.1, 0.15) is 0 Å². The van der Waals surface area contributed by atoms with Crippen LogP contribution in [-0.4, -0.2) is 28.0 Å². The Kier molecular flexibility index (Phi) is 3.56. The maximum atomic E-state index is 4.40. The molecule has 1 aliphatic heterocycles. The first kappa shape index (κ1) is 12.3. The highest BCUT2D eigenvalue weighted by atomic mass is 15.1. The van der Waals surface area contributed by atoms with E-state index in [4.69, 9.17) is 0 Å². The normalized spacial score (nSPS) is 15.8. The third-order valence-electron chi connectivity index (χ3n) is 3.57. The van der Waals surface area contributed by atoms with Gasteiger partial charge in [0.05, 0.1) is 0 Å². The van der Waals surface area contributed by atoms with Crippen LogP contribution in [0.3, 0.4) is 0 Å². The summed E-state index contributed by atoms with van der Waals surface area (Å²) in [5, 5.41) is 0. The molecule has 0 amide bonds. The first-order valence-electron chi connectivity index (χ1n) is 6.91. The summed E-state index contributed by atoms with van der Waals surface area (Å²) in [5.74, 6) is 0.814. The Bertz CT molecular complexity index is 542. The fourth-order valence-electron chi connectivity index (χ4n) is 2.55. The summed E-state index contributed by atoms with van der Waals surface area (Å²) in [6.45, 7) is 5.50. The van der Waals surface area contributed by atoms with Crippen molar-refractivity contribution in [2.75, 3.05) is 13.1 Å². The van der Waals surface area contributed by atoms with Crippen molar-refractivity contribution in [1.82, 2.24) is 14.9 Å². The van der Waals surface area contributed by atoms with Gasteiger partial charge in [0, 0.05) is 24.5 Å². The number of hydrogen-bond acceptors (Lipinski definition) is 3. The second-order valence-corrected chi connectivity index (χ2v) is 5.27. The molecule has 1 aromatic carbocycles. The Balaban J connectivity index is 1.80. The van der Waals surface area contributed by atoms with Gasteiger partial charge in [-0.25, -0.2) is 9.97 Å². The largest absolute Gasteiger partial charge is 0.299 e. The number of benzene rings is 1. The molecule has 3 nitrogen and oxygen atoms in total. The summed E-state index contributed by atoms with van der Waals surface area (Å²) in [6.07, 6.45) is 6.41. The summed E-state index contributed by atoms with van der Waals surface area (Å²) < 4.78 is 0. The number of aromatic nitrogens is 2. The molecule has 0 saturated carbocycles. The zero-order valence-electron chi connectivity index (χ0n) is 11.3. The minimum atomic E-state index is 0.814. The summed E-state index contributed by atoms with van der Waals surface area (Å²) >= 11 is 0. The van der Waals surface area contributed by atoms with Crippen molar-refractivity contribution in [3.05, 3.63) is 47.8 Å². The molecule has 0 radical (unpaired) electrons. The smallest absolute Gasteiger partial charge is 0.159 e. The van der Waals surface area contributed by atoms with Crippen LogP contribution in [-0.2, 0) is 6.54 Å². The van der Waals surface area contributed by atoms with Crippen LogP contribution < -0.4 is 0 Å². The molecule has 3 rings (SSSR count). The molecule has 0 unspecified atom stereocenters. The maximum Gasteiger partial charge on any atom is 0.159 e. The fourth-order valence-corrected chi connectivity index (χ4v) is 2.55. The van der Waals surface area contributed by atoms with Crippen molar-refractivity contribution in [3.8, 4) is 11.4 Å². The van der Waals surface area contributed by atoms with Crippen molar-refractivity contribution in [2.24, 2.45) is 0 Å². The maximum absolute atomic E-state index is 4.40. The van der Waals surface area contributed by atoms with E-state index in [0.717, 1.165) is 23.5 Å². The molecule has 98 valence electrons. The van der Waals surface area contributed by atoms with E-state index < -0.39 is 0 Å². The Morgan fingerprint density at radius 3 is 2.58 bits per heavy atom. The number of nitrogens with zero attached hydrogens (tertiary/aromatic N) is 3. The van der Waals surface area contributed by atoms with Crippen LogP contribution in [0.2, 0.25) is 0 Å². The minimum Gasteiger partial charge on any atom is -0.299 e. The van der Waals surface area contributed by atoms with Gasteiger partial charge >= 0.3 is 0 Å². The number of rotatable bonds is 3. The fraction of sp³-hybridized carbons (Fsp3) is 0.375. The van der Waals surface area contributed by atoms with Crippen LogP contribution in [0.25, 0.3) is 11.4 Å². The first-order valence-corrected chi connectivity index (χ1v) is 6.91. The third kappa shape index (κ3) is 2.99. The highest BCUT2D eigenvalue weighted by Gasteiger charge is 2.12. The van der Waals surface area contributed by atoms with E-state index >= 15 is 0 Å². The van der Waals surface area contributed by atoms with E-state index in [9.17, 15) is 0 Å². The molecule has 3 heteroatoms. The van der Waals surface area contributed by atoms with E-state index in [1.54, 1.807) is 0 Å². The van der Waals surface area contributed by atoms with Gasteiger partial charge in [-0.05, 0) is 50.0 Å². The standard InChI is InChI=1S/C16H19N3/c1-13-10-17-16(18-11-13)15-6-4-5-14(9-15)12-19-7-2-3-8-19/h4-6,9-11H,2-3,7-8,12H2,1H3. The Hall–Kier alpha value is -1.74. The zero-order chi connectivity index (χ0) is 13.1. The molecule has 0 spiro atoms. The molecule has 19 heavy (non-hydrogen) atoms. The van der Waals surface area contributed by atoms with Crippen LogP contribution in [0.1, 0.15) is 24.0 Å². The molecule has 2 aromatic rings. The molecule has 1 fully saturated rings. The van der Waals surface area contributed by atoms with Crippen LogP contribution >= 0.6 is 0 Å². The molecule has 1 aromatic heterocycles. The van der Waals surface area contributed by atoms with Crippen molar-refractivity contribution < 1.29 is 0 Å². The Labute approximate surface area is 114 Å². The third-order valence-corrected chi connectivity index (χ3v) is 3.57. The van der Waals surface area contributed by atoms with E-state index in [0.29, 0.717) is 0 Å². The van der Waals surface area contributed by atoms with Crippen LogP contribution in [0.5, 0.6) is 0 Å². The number of likely N-dealkylation sites (tertiary alicyclic amines) is 1. The van der Waals surface area contributed by atoms with E-state index in [-0.39, 0.29) is 0 Å². The predicted octanol–water partition coefficient (Wildman–Crippen LogP) is 3.05. The van der Waals surface area contributed by atoms with Gasteiger partial charge in [0.25, 0.3) is 0 Å². The van der Waals surface area contributed by atoms with Gasteiger partial charge in [-0.15, -0.1) is 0 Å². The summed E-state index contributed by atoms with van der Waals surface area (Å²) in [4.78, 5) is 11.3. The summed E-state index contributed by atoms with van der Waals surface area (Å²) in [7, 11) is 0. The SMILES string of the molecule is Cc1cnc(-c2cccc(CN3CCCC3)c2)nc1. The van der Waals surface area contributed by atoms with Gasteiger partial charge in [-0.1, -0.05) is 18.2 Å². The lowest BCUT2D eigenvalue weighted by molar-refractivity contribution is 0.331. The zero-order valence-corrected chi connectivity index (χ0v) is 11.3. The molecular formula is C16H19N3. The lowest BCUT2D eigenvalue weighted by Crippen LogP contribution is -2.18. The minimum absolute atomic E-state index is 0.814. The Morgan fingerprint density at radius 2 is 1.84 bits per heavy atom. The topological polar surface area (TPSA) is 29.0 Å². The molecule has 1 aliphatic rings. The average Bonchev–Trinajstić information content (AvgIpc) is 2.93. The van der Waals surface area contributed by atoms with Crippen molar-refractivity contribution in [3.63, 3.8) is 0 Å². The lowest BCUT2D eigenvalue weighted by atomic mass is 10.1. The van der Waals surface area contributed by atoms with Gasteiger partial charge in [-0.2, -0.15) is 0 Å². The highest BCUT2D eigenvalue weighted by molar-refractivity contribution is 5.55. The molecular weight excluding hydrogens is 234 g/mol. The molecule has 2 heterocycles. The van der Waals surface area contributed by atoms with Crippen LogP contribution in [0, 0.1) is 6.92 Å². The van der Waals surface area contributed by atoms with Crippen molar-refractivity contribution in [1.29, 1.82) is 0 Å². The number of hydrogen-bond donors (Lipinski definition) is 0. The predicted molar refractivity (Wildman–Crippen MR) is 76.7 cm³/mol. The quantitative estimate of drug-likeness (QED) is 0.842. The molecule has 0 aliphatic carbocycles. The second-order valence-electron chi connectivity index (χ2n) is 5.27. The number of aryl methyl sites for hydroxylation is 1. The second kappa shape index (κ2) is 5.49. The molecule has 0 bridgehead atoms. The average molecular weight is 253 g/mol. The van der Waals surface area contributed by atoms with Crippen molar-refractivity contribution in [2.45, 2.75) is 26.3 Å².